The zero-order chi connectivity index (χ0) is 8.56. The molecule has 0 N–H and O–H groups in total. The first-order valence-electron chi connectivity index (χ1n) is 5.54. The van der Waals surface area contributed by atoms with Crippen molar-refractivity contribution < 1.29 is 0 Å². The van der Waals surface area contributed by atoms with E-state index >= 15 is 0 Å². The second-order valence-electron chi connectivity index (χ2n) is 6.49. The molecule has 0 saturated heterocycles. The first-order valence-corrected chi connectivity index (χ1v) is 5.54. The van der Waals surface area contributed by atoms with Gasteiger partial charge in [-0.25, -0.2) is 0 Å². The minimum atomic E-state index is 0.685. The minimum absolute atomic E-state index is 0.685. The predicted molar refractivity (Wildman–Crippen MR) is 50.8 cm³/mol. The van der Waals surface area contributed by atoms with Crippen molar-refractivity contribution in [2.24, 2.45) is 28.6 Å². The van der Waals surface area contributed by atoms with Crippen LogP contribution >= 0.6 is 0 Å². The molecule has 4 saturated carbocycles. The maximum absolute atomic E-state index is 2.48. The molecule has 12 heavy (non-hydrogen) atoms. The molecule has 0 heteroatoms. The summed E-state index contributed by atoms with van der Waals surface area (Å²) in [6.07, 6.45) is 6.24. The van der Waals surface area contributed by atoms with Crippen LogP contribution in [0.15, 0.2) is 0 Å². The van der Waals surface area contributed by atoms with Gasteiger partial charge in [-0.2, -0.15) is 0 Å². The summed E-state index contributed by atoms with van der Waals surface area (Å²) in [7, 11) is 0. The molecule has 0 aliphatic heterocycles. The molecule has 0 nitrogen and oxygen atoms in total. The summed E-state index contributed by atoms with van der Waals surface area (Å²) >= 11 is 0. The number of hydrogen-bond donors (Lipinski definition) is 0. The Kier molecular flexibility index (Phi) is 1.09. The summed E-state index contributed by atoms with van der Waals surface area (Å²) in [5, 5.41) is 0. The van der Waals surface area contributed by atoms with Crippen molar-refractivity contribution in [1.82, 2.24) is 0 Å². The van der Waals surface area contributed by atoms with Gasteiger partial charge in [0, 0.05) is 0 Å². The van der Waals surface area contributed by atoms with Crippen molar-refractivity contribution in [3.05, 3.63) is 0 Å². The predicted octanol–water partition coefficient (Wildman–Crippen LogP) is 3.47. The SMILES string of the molecule is CC1CC(C)(C)C1C12CC(C1)C2. The third kappa shape index (κ3) is 0.625. The lowest BCUT2D eigenvalue weighted by molar-refractivity contribution is -0.237. The maximum Gasteiger partial charge on any atom is -0.0254 e. The van der Waals surface area contributed by atoms with Crippen LogP contribution in [0.3, 0.4) is 0 Å². The van der Waals surface area contributed by atoms with Crippen LogP contribution in [0.5, 0.6) is 0 Å². The topological polar surface area (TPSA) is 0 Å². The van der Waals surface area contributed by atoms with Gasteiger partial charge < -0.3 is 0 Å². The van der Waals surface area contributed by atoms with Crippen molar-refractivity contribution in [2.75, 3.05) is 0 Å². The molecule has 2 bridgehead atoms. The van der Waals surface area contributed by atoms with Crippen molar-refractivity contribution >= 4 is 0 Å². The molecule has 0 amide bonds. The highest BCUT2D eigenvalue weighted by atomic mass is 14.7. The molecule has 0 aromatic heterocycles. The lowest BCUT2D eigenvalue weighted by atomic mass is 9.32. The summed E-state index contributed by atoms with van der Waals surface area (Å²) in [5.41, 5.74) is 1.55. The first kappa shape index (κ1) is 7.41. The minimum Gasteiger partial charge on any atom is -0.0622 e. The molecule has 4 aliphatic carbocycles. The molecule has 4 rings (SSSR count). The van der Waals surface area contributed by atoms with Crippen LogP contribution < -0.4 is 0 Å². The van der Waals surface area contributed by atoms with E-state index in [1.165, 1.54) is 6.42 Å². The zero-order valence-electron chi connectivity index (χ0n) is 8.56. The van der Waals surface area contributed by atoms with E-state index < -0.39 is 0 Å². The van der Waals surface area contributed by atoms with Gasteiger partial charge in [-0.3, -0.25) is 0 Å². The molecule has 0 spiro atoms. The second kappa shape index (κ2) is 1.76. The van der Waals surface area contributed by atoms with Gasteiger partial charge in [-0.1, -0.05) is 20.8 Å². The Bertz CT molecular complexity index is 209. The quantitative estimate of drug-likeness (QED) is 0.556. The summed E-state index contributed by atoms with van der Waals surface area (Å²) in [6.45, 7) is 7.44. The van der Waals surface area contributed by atoms with Gasteiger partial charge in [0.05, 0.1) is 0 Å². The highest BCUT2D eigenvalue weighted by molar-refractivity contribution is 5.16. The third-order valence-corrected chi connectivity index (χ3v) is 5.00. The molecule has 2 atom stereocenters. The fourth-order valence-corrected chi connectivity index (χ4v) is 5.04. The second-order valence-corrected chi connectivity index (χ2v) is 6.49. The molecule has 0 heterocycles. The Labute approximate surface area is 75.7 Å². The lowest BCUT2D eigenvalue weighted by Crippen LogP contribution is -2.64. The Hall–Kier alpha value is 0. The zero-order valence-corrected chi connectivity index (χ0v) is 8.56. The van der Waals surface area contributed by atoms with Crippen molar-refractivity contribution in [2.45, 2.75) is 46.5 Å². The molecule has 0 aromatic rings. The van der Waals surface area contributed by atoms with Gasteiger partial charge in [-0.15, -0.1) is 0 Å². The van der Waals surface area contributed by atoms with E-state index in [9.17, 15) is 0 Å². The first-order chi connectivity index (χ1) is 5.54. The van der Waals surface area contributed by atoms with Crippen LogP contribution in [0.4, 0.5) is 0 Å². The average Bonchev–Trinajstić information content (AvgIpc) is 1.74. The van der Waals surface area contributed by atoms with Gasteiger partial charge in [0.2, 0.25) is 0 Å². The molecule has 4 aliphatic rings. The van der Waals surface area contributed by atoms with Crippen molar-refractivity contribution in [3.63, 3.8) is 0 Å². The largest absolute Gasteiger partial charge is 0.0622 e. The highest BCUT2D eigenvalue weighted by Crippen LogP contribution is 2.75. The fourth-order valence-electron chi connectivity index (χ4n) is 5.04. The van der Waals surface area contributed by atoms with Crippen LogP contribution in [0.2, 0.25) is 0 Å². The summed E-state index contributed by atoms with van der Waals surface area (Å²) in [6, 6.07) is 0. The van der Waals surface area contributed by atoms with Gasteiger partial charge in [-0.05, 0) is 54.3 Å². The van der Waals surface area contributed by atoms with Crippen LogP contribution in [-0.2, 0) is 0 Å². The maximum atomic E-state index is 2.48. The van der Waals surface area contributed by atoms with E-state index in [1.54, 1.807) is 19.3 Å². The Morgan fingerprint density at radius 2 is 1.58 bits per heavy atom. The average molecular weight is 164 g/mol. The monoisotopic (exact) mass is 164 g/mol. The fraction of sp³-hybridized carbons (Fsp3) is 1.00. The third-order valence-electron chi connectivity index (χ3n) is 5.00. The van der Waals surface area contributed by atoms with E-state index in [1.807, 2.05) is 0 Å². The van der Waals surface area contributed by atoms with E-state index in [-0.39, 0.29) is 0 Å². The smallest absolute Gasteiger partial charge is 0.0254 e. The number of hydrogen-bond acceptors (Lipinski definition) is 0. The standard InChI is InChI=1S/C12H20/c1-8-4-11(2,3)10(8)12-5-9(6-12)7-12/h8-10H,4-7H2,1-3H3. The normalized spacial score (nSPS) is 59.8. The summed E-state index contributed by atoms with van der Waals surface area (Å²) < 4.78 is 0. The highest BCUT2D eigenvalue weighted by Gasteiger charge is 2.67. The molecule has 68 valence electrons. The lowest BCUT2D eigenvalue weighted by Gasteiger charge is -2.73. The molecule has 0 radical (unpaired) electrons. The van der Waals surface area contributed by atoms with Crippen LogP contribution in [0, 0.1) is 28.6 Å². The molecular weight excluding hydrogens is 144 g/mol. The van der Waals surface area contributed by atoms with Crippen LogP contribution in [0.25, 0.3) is 0 Å². The van der Waals surface area contributed by atoms with E-state index in [4.69, 9.17) is 0 Å². The van der Waals surface area contributed by atoms with E-state index in [0.29, 0.717) is 5.41 Å². The van der Waals surface area contributed by atoms with Crippen molar-refractivity contribution in [3.8, 4) is 0 Å². The summed E-state index contributed by atoms with van der Waals surface area (Å²) in [4.78, 5) is 0. The molecule has 2 unspecified atom stereocenters. The Morgan fingerprint density at radius 3 is 1.75 bits per heavy atom. The van der Waals surface area contributed by atoms with E-state index in [2.05, 4.69) is 20.8 Å². The van der Waals surface area contributed by atoms with Gasteiger partial charge in [0.1, 0.15) is 0 Å². The summed E-state index contributed by atoms with van der Waals surface area (Å²) in [5.74, 6) is 3.27. The van der Waals surface area contributed by atoms with Gasteiger partial charge >= 0.3 is 0 Å². The van der Waals surface area contributed by atoms with Gasteiger partial charge in [0.25, 0.3) is 0 Å². The Morgan fingerprint density at radius 1 is 1.00 bits per heavy atom. The number of rotatable bonds is 1. The van der Waals surface area contributed by atoms with Crippen molar-refractivity contribution in [1.29, 1.82) is 0 Å². The van der Waals surface area contributed by atoms with Crippen LogP contribution in [0.1, 0.15) is 46.5 Å². The van der Waals surface area contributed by atoms with Crippen LogP contribution in [-0.4, -0.2) is 0 Å². The van der Waals surface area contributed by atoms with Gasteiger partial charge in [0.15, 0.2) is 0 Å². The molecule has 0 aromatic carbocycles. The Balaban J connectivity index is 1.82. The molecular formula is C12H20. The van der Waals surface area contributed by atoms with E-state index in [0.717, 1.165) is 23.2 Å². The molecule has 4 fully saturated rings.